The van der Waals surface area contributed by atoms with Crippen LogP contribution in [0.3, 0.4) is 0 Å². The predicted molar refractivity (Wildman–Crippen MR) is 127 cm³/mol. The number of para-hydroxylation sites is 1. The van der Waals surface area contributed by atoms with Gasteiger partial charge in [-0.2, -0.15) is 5.10 Å². The van der Waals surface area contributed by atoms with E-state index >= 15 is 0 Å². The lowest BCUT2D eigenvalue weighted by atomic mass is 10.1. The van der Waals surface area contributed by atoms with Gasteiger partial charge in [0.05, 0.1) is 23.4 Å². The Bertz CT molecular complexity index is 1210. The Morgan fingerprint density at radius 3 is 2.33 bits per heavy atom. The number of nitrogens with zero attached hydrogens (tertiary/aromatic N) is 4. The first kappa shape index (κ1) is 22.9. The molecule has 2 aromatic carbocycles. The standard InChI is InChI=1S/C25H27ClN4O3/c1-16-8-9-19(14-22(16)26)30-18(3)21(17(2)27-30)15-24(32)28-10-12-29(13-11-28)25(33)20-6-4-5-7-23(20)31/h4-9,14,31H,10-13,15H2,1-3H3. The number of aromatic hydroxyl groups is 1. The lowest BCUT2D eigenvalue weighted by molar-refractivity contribution is -0.131. The van der Waals surface area contributed by atoms with Crippen molar-refractivity contribution in [3.63, 3.8) is 0 Å². The van der Waals surface area contributed by atoms with Gasteiger partial charge in [0.15, 0.2) is 0 Å². The molecule has 33 heavy (non-hydrogen) atoms. The van der Waals surface area contributed by atoms with E-state index in [4.69, 9.17) is 11.6 Å². The van der Waals surface area contributed by atoms with Crippen molar-refractivity contribution in [2.45, 2.75) is 27.2 Å². The average Bonchev–Trinajstić information content (AvgIpc) is 3.09. The van der Waals surface area contributed by atoms with Gasteiger partial charge < -0.3 is 14.9 Å². The van der Waals surface area contributed by atoms with Gasteiger partial charge in [0.25, 0.3) is 5.91 Å². The smallest absolute Gasteiger partial charge is 0.257 e. The monoisotopic (exact) mass is 466 g/mol. The van der Waals surface area contributed by atoms with Gasteiger partial charge in [-0.05, 0) is 50.6 Å². The highest BCUT2D eigenvalue weighted by molar-refractivity contribution is 6.31. The summed E-state index contributed by atoms with van der Waals surface area (Å²) in [4.78, 5) is 29.2. The fourth-order valence-corrected chi connectivity index (χ4v) is 4.32. The SMILES string of the molecule is Cc1ccc(-n2nc(C)c(CC(=O)N3CCN(C(=O)c4ccccc4O)CC3)c2C)cc1Cl. The molecule has 0 spiro atoms. The number of phenolic OH excluding ortho intramolecular Hbond substituents is 1. The summed E-state index contributed by atoms with van der Waals surface area (Å²) >= 11 is 6.29. The number of benzene rings is 2. The van der Waals surface area contributed by atoms with Crippen LogP contribution in [0.2, 0.25) is 5.02 Å². The zero-order valence-corrected chi connectivity index (χ0v) is 19.8. The minimum Gasteiger partial charge on any atom is -0.507 e. The number of piperazine rings is 1. The Balaban J connectivity index is 1.42. The van der Waals surface area contributed by atoms with Gasteiger partial charge in [-0.25, -0.2) is 4.68 Å². The highest BCUT2D eigenvalue weighted by Crippen LogP contribution is 2.24. The van der Waals surface area contributed by atoms with Crippen molar-refractivity contribution in [1.82, 2.24) is 19.6 Å². The maximum atomic E-state index is 13.0. The van der Waals surface area contributed by atoms with E-state index in [9.17, 15) is 14.7 Å². The molecule has 0 atom stereocenters. The number of hydrogen-bond donors (Lipinski definition) is 1. The normalized spacial score (nSPS) is 13.9. The third kappa shape index (κ3) is 4.59. The molecule has 1 aliphatic rings. The highest BCUT2D eigenvalue weighted by Gasteiger charge is 2.27. The molecule has 172 valence electrons. The first-order chi connectivity index (χ1) is 15.8. The maximum absolute atomic E-state index is 13.0. The summed E-state index contributed by atoms with van der Waals surface area (Å²) in [5, 5.41) is 15.3. The van der Waals surface area contributed by atoms with Crippen LogP contribution in [0.4, 0.5) is 0 Å². The largest absolute Gasteiger partial charge is 0.507 e. The molecule has 2 heterocycles. The lowest BCUT2D eigenvalue weighted by Gasteiger charge is -2.35. The fourth-order valence-electron chi connectivity index (χ4n) is 4.14. The highest BCUT2D eigenvalue weighted by atomic mass is 35.5. The van der Waals surface area contributed by atoms with Crippen LogP contribution in [0.25, 0.3) is 5.69 Å². The molecule has 1 saturated heterocycles. The Morgan fingerprint density at radius 1 is 1.00 bits per heavy atom. The molecule has 2 amide bonds. The molecule has 1 aliphatic heterocycles. The summed E-state index contributed by atoms with van der Waals surface area (Å²) in [6.07, 6.45) is 0.255. The molecule has 0 aliphatic carbocycles. The molecule has 1 fully saturated rings. The number of carbonyl (C=O) groups excluding carboxylic acids is 2. The van der Waals surface area contributed by atoms with Gasteiger partial charge in [0, 0.05) is 42.5 Å². The minimum absolute atomic E-state index is 0.0114. The van der Waals surface area contributed by atoms with Gasteiger partial charge in [0.2, 0.25) is 5.91 Å². The maximum Gasteiger partial charge on any atom is 0.257 e. The topological polar surface area (TPSA) is 78.7 Å². The number of aryl methyl sites for hydroxylation is 2. The van der Waals surface area contributed by atoms with E-state index in [0.29, 0.717) is 31.2 Å². The fraction of sp³-hybridized carbons (Fsp3) is 0.320. The molecule has 1 aromatic heterocycles. The van der Waals surface area contributed by atoms with Gasteiger partial charge >= 0.3 is 0 Å². The number of carbonyl (C=O) groups is 2. The summed E-state index contributed by atoms with van der Waals surface area (Å²) in [6.45, 7) is 7.59. The van der Waals surface area contributed by atoms with Gasteiger partial charge in [-0.3, -0.25) is 9.59 Å². The van der Waals surface area contributed by atoms with Crippen molar-refractivity contribution in [2.75, 3.05) is 26.2 Å². The number of rotatable bonds is 4. The summed E-state index contributed by atoms with van der Waals surface area (Å²) in [5.41, 5.74) is 4.77. The lowest BCUT2D eigenvalue weighted by Crippen LogP contribution is -2.51. The second kappa shape index (κ2) is 9.27. The Labute approximate surface area is 198 Å². The molecule has 0 radical (unpaired) electrons. The molecule has 0 unspecified atom stereocenters. The van der Waals surface area contributed by atoms with Crippen molar-refractivity contribution in [2.24, 2.45) is 0 Å². The van der Waals surface area contributed by atoms with Crippen molar-refractivity contribution in [3.05, 3.63) is 75.6 Å². The summed E-state index contributed by atoms with van der Waals surface area (Å²) in [7, 11) is 0. The molecule has 1 N–H and O–H groups in total. The van der Waals surface area contributed by atoms with Crippen molar-refractivity contribution in [3.8, 4) is 11.4 Å². The number of phenols is 1. The minimum atomic E-state index is -0.218. The number of hydrogen-bond acceptors (Lipinski definition) is 4. The van der Waals surface area contributed by atoms with Crippen LogP contribution in [0, 0.1) is 20.8 Å². The second-order valence-electron chi connectivity index (χ2n) is 8.36. The van der Waals surface area contributed by atoms with Crippen molar-refractivity contribution < 1.29 is 14.7 Å². The number of amides is 2. The summed E-state index contributed by atoms with van der Waals surface area (Å²) in [6, 6.07) is 12.3. The Kier molecular flexibility index (Phi) is 6.42. The third-order valence-electron chi connectivity index (χ3n) is 6.22. The van der Waals surface area contributed by atoms with E-state index in [-0.39, 0.29) is 29.5 Å². The van der Waals surface area contributed by atoms with E-state index < -0.39 is 0 Å². The Hall–Kier alpha value is -3.32. The molecule has 3 aromatic rings. The summed E-state index contributed by atoms with van der Waals surface area (Å²) < 4.78 is 1.83. The van der Waals surface area contributed by atoms with E-state index in [1.807, 2.05) is 43.7 Å². The zero-order chi connectivity index (χ0) is 23.7. The van der Waals surface area contributed by atoms with E-state index in [2.05, 4.69) is 5.10 Å². The second-order valence-corrected chi connectivity index (χ2v) is 8.77. The van der Waals surface area contributed by atoms with Crippen molar-refractivity contribution >= 4 is 23.4 Å². The van der Waals surface area contributed by atoms with Crippen LogP contribution in [-0.2, 0) is 11.2 Å². The third-order valence-corrected chi connectivity index (χ3v) is 6.63. The first-order valence-corrected chi connectivity index (χ1v) is 11.3. The summed E-state index contributed by atoms with van der Waals surface area (Å²) in [5.74, 6) is -0.235. The molecule has 0 saturated carbocycles. The number of halogens is 1. The molecular weight excluding hydrogens is 440 g/mol. The molecular formula is C25H27ClN4O3. The Morgan fingerprint density at radius 2 is 1.67 bits per heavy atom. The first-order valence-electron chi connectivity index (χ1n) is 10.9. The van der Waals surface area contributed by atoms with Crippen LogP contribution in [0.5, 0.6) is 5.75 Å². The van der Waals surface area contributed by atoms with E-state index in [0.717, 1.165) is 28.2 Å². The predicted octanol–water partition coefficient (Wildman–Crippen LogP) is 3.68. The van der Waals surface area contributed by atoms with Crippen LogP contribution >= 0.6 is 11.6 Å². The quantitative estimate of drug-likeness (QED) is 0.636. The molecule has 4 rings (SSSR count). The van der Waals surface area contributed by atoms with E-state index in [1.165, 1.54) is 6.07 Å². The van der Waals surface area contributed by atoms with Crippen LogP contribution in [0.1, 0.15) is 32.9 Å². The van der Waals surface area contributed by atoms with Gasteiger partial charge in [0.1, 0.15) is 5.75 Å². The van der Waals surface area contributed by atoms with Gasteiger partial charge in [-0.1, -0.05) is 29.8 Å². The van der Waals surface area contributed by atoms with Crippen LogP contribution in [0.15, 0.2) is 42.5 Å². The van der Waals surface area contributed by atoms with Crippen LogP contribution in [-0.4, -0.2) is 62.7 Å². The zero-order valence-electron chi connectivity index (χ0n) is 19.0. The van der Waals surface area contributed by atoms with Crippen LogP contribution < -0.4 is 0 Å². The van der Waals surface area contributed by atoms with Gasteiger partial charge in [-0.15, -0.1) is 0 Å². The molecule has 7 nitrogen and oxygen atoms in total. The molecule has 8 heteroatoms. The van der Waals surface area contributed by atoms with E-state index in [1.54, 1.807) is 28.0 Å². The average molecular weight is 467 g/mol. The number of aromatic nitrogens is 2. The van der Waals surface area contributed by atoms with Crippen molar-refractivity contribution in [1.29, 1.82) is 0 Å². The molecule has 0 bridgehead atoms.